The summed E-state index contributed by atoms with van der Waals surface area (Å²) in [6.07, 6.45) is 0. The van der Waals surface area contributed by atoms with Gasteiger partial charge in [-0.3, -0.25) is 4.90 Å². The fraction of sp³-hybridized carbons (Fsp3) is 0.360. The zero-order valence-electron chi connectivity index (χ0n) is 18.7. The molecular weight excluding hydrogens is 388 g/mol. The van der Waals surface area contributed by atoms with Crippen molar-refractivity contribution < 1.29 is 9.21 Å². The summed E-state index contributed by atoms with van der Waals surface area (Å²) >= 11 is 0. The fourth-order valence-electron chi connectivity index (χ4n) is 4.07. The maximum absolute atomic E-state index is 12.7. The van der Waals surface area contributed by atoms with Crippen LogP contribution < -0.4 is 5.32 Å². The lowest BCUT2D eigenvalue weighted by Crippen LogP contribution is -2.49. The van der Waals surface area contributed by atoms with Crippen LogP contribution in [0.15, 0.2) is 46.9 Å². The average molecular weight is 419 g/mol. The van der Waals surface area contributed by atoms with E-state index in [4.69, 9.17) is 9.40 Å². The van der Waals surface area contributed by atoms with Crippen molar-refractivity contribution in [3.05, 3.63) is 70.6 Å². The summed E-state index contributed by atoms with van der Waals surface area (Å²) < 4.78 is 5.96. The number of carbonyl (C=O) groups excluding carboxylic acids is 1. The van der Waals surface area contributed by atoms with Crippen LogP contribution in [0.1, 0.15) is 28.1 Å². The van der Waals surface area contributed by atoms with Crippen molar-refractivity contribution in [1.82, 2.24) is 14.8 Å². The van der Waals surface area contributed by atoms with Gasteiger partial charge < -0.3 is 14.6 Å². The van der Waals surface area contributed by atoms with Crippen molar-refractivity contribution in [3.63, 3.8) is 0 Å². The van der Waals surface area contributed by atoms with Crippen molar-refractivity contribution in [2.45, 2.75) is 34.2 Å². The molecule has 0 aliphatic carbocycles. The molecule has 2 aromatic carbocycles. The molecule has 2 heterocycles. The van der Waals surface area contributed by atoms with Gasteiger partial charge in [0, 0.05) is 44.0 Å². The summed E-state index contributed by atoms with van der Waals surface area (Å²) in [5.41, 5.74) is 6.29. The van der Waals surface area contributed by atoms with Gasteiger partial charge >= 0.3 is 6.03 Å². The van der Waals surface area contributed by atoms with Crippen LogP contribution in [0.5, 0.6) is 0 Å². The first-order chi connectivity index (χ1) is 14.9. The van der Waals surface area contributed by atoms with Gasteiger partial charge in [0.25, 0.3) is 0 Å². The minimum atomic E-state index is -0.0379. The Morgan fingerprint density at radius 2 is 1.68 bits per heavy atom. The van der Waals surface area contributed by atoms with Crippen LogP contribution >= 0.6 is 0 Å². The quantitative estimate of drug-likeness (QED) is 0.653. The van der Waals surface area contributed by atoms with E-state index in [0.717, 1.165) is 59.0 Å². The predicted molar refractivity (Wildman–Crippen MR) is 123 cm³/mol. The van der Waals surface area contributed by atoms with E-state index in [0.29, 0.717) is 19.0 Å². The van der Waals surface area contributed by atoms with Crippen molar-refractivity contribution in [2.24, 2.45) is 0 Å². The van der Waals surface area contributed by atoms with Crippen LogP contribution in [0.4, 0.5) is 10.5 Å². The van der Waals surface area contributed by atoms with Gasteiger partial charge in [-0.15, -0.1) is 0 Å². The van der Waals surface area contributed by atoms with Gasteiger partial charge in [-0.25, -0.2) is 9.78 Å². The number of anilines is 1. The molecule has 4 rings (SSSR count). The molecule has 1 fully saturated rings. The molecule has 1 aromatic heterocycles. The van der Waals surface area contributed by atoms with E-state index < -0.39 is 0 Å². The van der Waals surface area contributed by atoms with Gasteiger partial charge in [-0.05, 0) is 62.6 Å². The van der Waals surface area contributed by atoms with Crippen LogP contribution in [0.2, 0.25) is 0 Å². The summed E-state index contributed by atoms with van der Waals surface area (Å²) in [4.78, 5) is 21.6. The Kier molecular flexibility index (Phi) is 6.09. The fourth-order valence-corrected chi connectivity index (χ4v) is 4.07. The highest BCUT2D eigenvalue weighted by molar-refractivity contribution is 5.89. The minimum Gasteiger partial charge on any atom is -0.441 e. The molecule has 1 aliphatic rings. The first kappa shape index (κ1) is 21.1. The number of rotatable bonds is 4. The number of hydrogen-bond donors (Lipinski definition) is 1. The predicted octanol–water partition coefficient (Wildman–Crippen LogP) is 4.92. The largest absolute Gasteiger partial charge is 0.441 e. The molecule has 1 N–H and O–H groups in total. The van der Waals surface area contributed by atoms with Crippen LogP contribution in [-0.4, -0.2) is 47.0 Å². The molecule has 1 aliphatic heterocycles. The Morgan fingerprint density at radius 3 is 2.35 bits per heavy atom. The molecule has 0 bridgehead atoms. The van der Waals surface area contributed by atoms with E-state index in [1.807, 2.05) is 56.0 Å². The summed E-state index contributed by atoms with van der Waals surface area (Å²) in [5.74, 6) is 1.53. The minimum absolute atomic E-state index is 0.0379. The standard InChI is InChI=1S/C25H30N4O2/c1-17-13-18(2)15-21(14-17)26-25(30)29-11-9-28(10-12-29)16-23-20(4)31-24(27-23)22-8-6-5-7-19(22)3/h5-8,13-15H,9-12,16H2,1-4H3,(H,26,30). The molecule has 0 radical (unpaired) electrons. The highest BCUT2D eigenvalue weighted by Gasteiger charge is 2.23. The van der Waals surface area contributed by atoms with Crippen LogP contribution in [0.25, 0.3) is 11.5 Å². The Bertz CT molecular complexity index is 1060. The highest BCUT2D eigenvalue weighted by Crippen LogP contribution is 2.25. The first-order valence-corrected chi connectivity index (χ1v) is 10.8. The lowest BCUT2D eigenvalue weighted by atomic mass is 10.1. The van der Waals surface area contributed by atoms with Crippen molar-refractivity contribution in [2.75, 3.05) is 31.5 Å². The van der Waals surface area contributed by atoms with E-state index in [2.05, 4.69) is 29.3 Å². The second kappa shape index (κ2) is 8.94. The number of amides is 2. The SMILES string of the molecule is Cc1cc(C)cc(NC(=O)N2CCN(Cc3nc(-c4ccccc4C)oc3C)CC2)c1. The van der Waals surface area contributed by atoms with Crippen molar-refractivity contribution in [3.8, 4) is 11.5 Å². The Balaban J connectivity index is 1.34. The number of piperazine rings is 1. The molecule has 1 saturated heterocycles. The Labute approximate surface area is 183 Å². The van der Waals surface area contributed by atoms with Gasteiger partial charge in [0.15, 0.2) is 0 Å². The molecule has 0 unspecified atom stereocenters. The van der Waals surface area contributed by atoms with E-state index >= 15 is 0 Å². The molecule has 0 atom stereocenters. The Morgan fingerprint density at radius 1 is 1.00 bits per heavy atom. The number of oxazole rings is 1. The molecule has 2 amide bonds. The summed E-state index contributed by atoms with van der Waals surface area (Å²) in [5, 5.41) is 3.03. The lowest BCUT2D eigenvalue weighted by molar-refractivity contribution is 0.141. The van der Waals surface area contributed by atoms with Crippen LogP contribution in [0.3, 0.4) is 0 Å². The van der Waals surface area contributed by atoms with Crippen LogP contribution in [0, 0.1) is 27.7 Å². The van der Waals surface area contributed by atoms with E-state index in [1.165, 1.54) is 0 Å². The molecule has 31 heavy (non-hydrogen) atoms. The van der Waals surface area contributed by atoms with Gasteiger partial charge in [0.05, 0.1) is 5.69 Å². The van der Waals surface area contributed by atoms with E-state index in [1.54, 1.807) is 0 Å². The second-order valence-electron chi connectivity index (χ2n) is 8.41. The number of benzene rings is 2. The monoisotopic (exact) mass is 418 g/mol. The smallest absolute Gasteiger partial charge is 0.321 e. The average Bonchev–Trinajstić information content (AvgIpc) is 3.08. The maximum Gasteiger partial charge on any atom is 0.321 e. The topological polar surface area (TPSA) is 61.6 Å². The van der Waals surface area contributed by atoms with Gasteiger partial charge in [-0.2, -0.15) is 0 Å². The first-order valence-electron chi connectivity index (χ1n) is 10.8. The van der Waals surface area contributed by atoms with Gasteiger partial charge in [0.2, 0.25) is 5.89 Å². The van der Waals surface area contributed by atoms with E-state index in [9.17, 15) is 4.79 Å². The van der Waals surface area contributed by atoms with Crippen LogP contribution in [-0.2, 0) is 6.54 Å². The molecule has 6 heteroatoms. The summed E-state index contributed by atoms with van der Waals surface area (Å²) in [6, 6.07) is 14.2. The molecule has 162 valence electrons. The third-order valence-corrected chi connectivity index (χ3v) is 5.77. The summed E-state index contributed by atoms with van der Waals surface area (Å²) in [6.45, 7) is 11.9. The number of urea groups is 1. The second-order valence-corrected chi connectivity index (χ2v) is 8.41. The number of nitrogens with zero attached hydrogens (tertiary/aromatic N) is 3. The maximum atomic E-state index is 12.7. The summed E-state index contributed by atoms with van der Waals surface area (Å²) in [7, 11) is 0. The van der Waals surface area contributed by atoms with E-state index in [-0.39, 0.29) is 6.03 Å². The lowest BCUT2D eigenvalue weighted by Gasteiger charge is -2.34. The third kappa shape index (κ3) is 4.97. The molecule has 0 saturated carbocycles. The number of aryl methyl sites for hydroxylation is 4. The normalized spacial score (nSPS) is 14.6. The third-order valence-electron chi connectivity index (χ3n) is 5.77. The van der Waals surface area contributed by atoms with Gasteiger partial charge in [-0.1, -0.05) is 24.3 Å². The molecule has 0 spiro atoms. The number of nitrogens with one attached hydrogen (secondary N) is 1. The number of aromatic nitrogens is 1. The molecule has 6 nitrogen and oxygen atoms in total. The van der Waals surface area contributed by atoms with Crippen molar-refractivity contribution in [1.29, 1.82) is 0 Å². The zero-order valence-corrected chi connectivity index (χ0v) is 18.7. The number of carbonyl (C=O) groups is 1. The van der Waals surface area contributed by atoms with Crippen molar-refractivity contribution >= 4 is 11.7 Å². The molecule has 3 aromatic rings. The molecular formula is C25H30N4O2. The Hall–Kier alpha value is -3.12. The van der Waals surface area contributed by atoms with Gasteiger partial charge in [0.1, 0.15) is 5.76 Å². The highest BCUT2D eigenvalue weighted by atomic mass is 16.4. The number of hydrogen-bond acceptors (Lipinski definition) is 4. The zero-order chi connectivity index (χ0) is 22.0.